The Bertz CT molecular complexity index is 800. The molecule has 1 atom stereocenters. The molecule has 1 N–H and O–H groups in total. The minimum absolute atomic E-state index is 0.118. The molecule has 144 valence electrons. The number of Topliss-reactive ketones (excluding diaryl/α,β-unsaturated/α-hetero) is 1. The topological polar surface area (TPSA) is 79.0 Å². The van der Waals surface area contributed by atoms with Gasteiger partial charge in [-0.15, -0.1) is 0 Å². The molecule has 1 fully saturated rings. The number of hydrogen-bond acceptors (Lipinski definition) is 5. The van der Waals surface area contributed by atoms with Crippen LogP contribution in [0.5, 0.6) is 0 Å². The number of rotatable bonds is 4. The molecule has 1 aliphatic carbocycles. The highest BCUT2D eigenvalue weighted by Crippen LogP contribution is 2.32. The second kappa shape index (κ2) is 7.82. The molecule has 1 heterocycles. The normalized spacial score (nSPS) is 20.9. The first-order chi connectivity index (χ1) is 12.8. The van der Waals surface area contributed by atoms with Gasteiger partial charge in [0.15, 0.2) is 5.78 Å². The Morgan fingerprint density at radius 3 is 2.81 bits per heavy atom. The fourth-order valence-electron chi connectivity index (χ4n) is 3.42. The van der Waals surface area contributed by atoms with Crippen molar-refractivity contribution < 1.29 is 19.1 Å². The number of aryl methyl sites for hydroxylation is 1. The second-order valence-electron chi connectivity index (χ2n) is 7.18. The smallest absolute Gasteiger partial charge is 0.414 e. The highest BCUT2D eigenvalue weighted by atomic mass is 16.6. The number of allylic oxidation sites excluding steroid dienone is 1. The maximum Gasteiger partial charge on any atom is 0.414 e. The van der Waals surface area contributed by atoms with Crippen LogP contribution in [0, 0.1) is 0 Å². The Labute approximate surface area is 159 Å². The summed E-state index contributed by atoms with van der Waals surface area (Å²) in [7, 11) is 3.78. The summed E-state index contributed by atoms with van der Waals surface area (Å²) in [4.78, 5) is 39.3. The van der Waals surface area contributed by atoms with E-state index in [0.29, 0.717) is 24.2 Å². The number of benzene rings is 1. The van der Waals surface area contributed by atoms with E-state index < -0.39 is 12.2 Å². The molecule has 0 bridgehead atoms. The van der Waals surface area contributed by atoms with Crippen molar-refractivity contribution in [3.63, 3.8) is 0 Å². The van der Waals surface area contributed by atoms with Gasteiger partial charge < -0.3 is 15.0 Å². The van der Waals surface area contributed by atoms with Crippen molar-refractivity contribution in [2.75, 3.05) is 32.1 Å². The minimum Gasteiger partial charge on any atom is -0.442 e. The van der Waals surface area contributed by atoms with E-state index >= 15 is 0 Å². The standard InChI is InChI=1S/C20H25N3O4/c1-13(24)21-10-16-11-23(20(26)27-16)15-8-7-14-5-4-6-19(25)18(12-22(2)3)17(14)9-15/h7-9,12,16H,4-6,10-11H2,1-3H3,(H,21,24). The number of carbonyl (C=O) groups is 3. The fourth-order valence-corrected chi connectivity index (χ4v) is 3.42. The number of fused-ring (bicyclic) bond motifs is 1. The van der Waals surface area contributed by atoms with Crippen LogP contribution in [0.2, 0.25) is 0 Å². The zero-order chi connectivity index (χ0) is 19.6. The Balaban J connectivity index is 1.89. The second-order valence-corrected chi connectivity index (χ2v) is 7.18. The van der Waals surface area contributed by atoms with E-state index in [1.807, 2.05) is 43.4 Å². The van der Waals surface area contributed by atoms with E-state index in [-0.39, 0.29) is 18.2 Å². The highest BCUT2D eigenvalue weighted by Gasteiger charge is 2.33. The predicted octanol–water partition coefficient (Wildman–Crippen LogP) is 1.96. The average molecular weight is 371 g/mol. The summed E-state index contributed by atoms with van der Waals surface area (Å²) in [6.45, 7) is 2.07. The van der Waals surface area contributed by atoms with Crippen molar-refractivity contribution in [2.45, 2.75) is 32.3 Å². The lowest BCUT2D eigenvalue weighted by atomic mass is 9.97. The first-order valence-electron chi connectivity index (χ1n) is 9.12. The largest absolute Gasteiger partial charge is 0.442 e. The minimum atomic E-state index is -0.441. The molecular formula is C20H25N3O4. The molecule has 1 unspecified atom stereocenters. The summed E-state index contributed by atoms with van der Waals surface area (Å²) in [5, 5.41) is 2.67. The number of anilines is 1. The van der Waals surface area contributed by atoms with Gasteiger partial charge in [0.05, 0.1) is 13.1 Å². The summed E-state index contributed by atoms with van der Waals surface area (Å²) in [5.74, 6) is -0.0429. The van der Waals surface area contributed by atoms with Gasteiger partial charge in [-0.05, 0) is 36.1 Å². The van der Waals surface area contributed by atoms with Crippen LogP contribution in [0.25, 0.3) is 5.57 Å². The van der Waals surface area contributed by atoms with E-state index in [9.17, 15) is 14.4 Å². The van der Waals surface area contributed by atoms with E-state index in [1.54, 1.807) is 4.90 Å². The number of ketones is 1. The van der Waals surface area contributed by atoms with Gasteiger partial charge in [-0.25, -0.2) is 4.79 Å². The molecule has 0 spiro atoms. The third-order valence-corrected chi connectivity index (χ3v) is 4.69. The number of ether oxygens (including phenoxy) is 1. The van der Waals surface area contributed by atoms with Crippen LogP contribution >= 0.6 is 0 Å². The molecule has 27 heavy (non-hydrogen) atoms. The van der Waals surface area contributed by atoms with E-state index in [0.717, 1.165) is 24.0 Å². The third-order valence-electron chi connectivity index (χ3n) is 4.69. The van der Waals surface area contributed by atoms with E-state index in [1.165, 1.54) is 6.92 Å². The first-order valence-corrected chi connectivity index (χ1v) is 9.12. The van der Waals surface area contributed by atoms with Crippen LogP contribution in [-0.4, -0.2) is 56.0 Å². The van der Waals surface area contributed by atoms with Crippen molar-refractivity contribution in [3.05, 3.63) is 35.5 Å². The molecule has 1 saturated heterocycles. The Morgan fingerprint density at radius 2 is 2.11 bits per heavy atom. The number of hydrogen-bond donors (Lipinski definition) is 1. The molecule has 1 aromatic rings. The summed E-state index contributed by atoms with van der Waals surface area (Å²) in [6.07, 6.45) is 3.19. The number of cyclic esters (lactones) is 1. The van der Waals surface area contributed by atoms with Crippen LogP contribution < -0.4 is 10.2 Å². The summed E-state index contributed by atoms with van der Waals surface area (Å²) in [6, 6.07) is 5.78. The van der Waals surface area contributed by atoms with Gasteiger partial charge in [-0.2, -0.15) is 0 Å². The van der Waals surface area contributed by atoms with Crippen molar-refractivity contribution in [1.29, 1.82) is 0 Å². The lowest BCUT2D eigenvalue weighted by molar-refractivity contribution is -0.119. The maximum atomic E-state index is 12.6. The molecule has 1 aliphatic heterocycles. The Morgan fingerprint density at radius 1 is 1.33 bits per heavy atom. The zero-order valence-corrected chi connectivity index (χ0v) is 15.9. The van der Waals surface area contributed by atoms with E-state index in [2.05, 4.69) is 5.32 Å². The lowest BCUT2D eigenvalue weighted by Gasteiger charge is -2.17. The average Bonchev–Trinajstić information content (AvgIpc) is 2.91. The van der Waals surface area contributed by atoms with Crippen LogP contribution in [0.3, 0.4) is 0 Å². The molecule has 2 aliphatic rings. The van der Waals surface area contributed by atoms with Crippen LogP contribution in [0.4, 0.5) is 10.5 Å². The van der Waals surface area contributed by atoms with Gasteiger partial charge in [0.1, 0.15) is 6.10 Å². The number of nitrogens with zero attached hydrogens (tertiary/aromatic N) is 2. The summed E-state index contributed by atoms with van der Waals surface area (Å²) < 4.78 is 5.34. The third kappa shape index (κ3) is 4.30. The Hall–Kier alpha value is -2.83. The van der Waals surface area contributed by atoms with Crippen LogP contribution in [-0.2, 0) is 20.7 Å². The molecule has 7 heteroatoms. The monoisotopic (exact) mass is 371 g/mol. The van der Waals surface area contributed by atoms with Gasteiger partial charge in [0.2, 0.25) is 5.91 Å². The van der Waals surface area contributed by atoms with Crippen LogP contribution in [0.1, 0.15) is 30.9 Å². The Kier molecular flexibility index (Phi) is 5.48. The molecule has 3 rings (SSSR count). The van der Waals surface area contributed by atoms with Gasteiger partial charge in [0, 0.05) is 44.9 Å². The molecule has 0 saturated carbocycles. The number of carbonyl (C=O) groups excluding carboxylic acids is 3. The van der Waals surface area contributed by atoms with Crippen LogP contribution in [0.15, 0.2) is 24.4 Å². The van der Waals surface area contributed by atoms with Crippen molar-refractivity contribution >= 4 is 29.0 Å². The van der Waals surface area contributed by atoms with Gasteiger partial charge in [-0.1, -0.05) is 6.07 Å². The summed E-state index contributed by atoms with van der Waals surface area (Å²) >= 11 is 0. The quantitative estimate of drug-likeness (QED) is 0.647. The molecule has 2 amide bonds. The molecule has 7 nitrogen and oxygen atoms in total. The molecule has 0 aromatic heterocycles. The molecule has 0 radical (unpaired) electrons. The zero-order valence-electron chi connectivity index (χ0n) is 15.9. The fraction of sp³-hybridized carbons (Fsp3) is 0.450. The SMILES string of the molecule is CC(=O)NCC1CN(c2ccc3c(c2)C(=CN(C)C)C(=O)CCC3)C(=O)O1. The van der Waals surface area contributed by atoms with Crippen molar-refractivity contribution in [1.82, 2.24) is 10.2 Å². The summed E-state index contributed by atoms with van der Waals surface area (Å²) in [5.41, 5.74) is 3.36. The van der Waals surface area contributed by atoms with Gasteiger partial charge >= 0.3 is 6.09 Å². The van der Waals surface area contributed by atoms with Gasteiger partial charge in [0.25, 0.3) is 0 Å². The number of amides is 2. The predicted molar refractivity (Wildman–Crippen MR) is 102 cm³/mol. The molecule has 1 aromatic carbocycles. The van der Waals surface area contributed by atoms with Crippen molar-refractivity contribution in [2.24, 2.45) is 0 Å². The lowest BCUT2D eigenvalue weighted by Crippen LogP contribution is -2.33. The van der Waals surface area contributed by atoms with Crippen molar-refractivity contribution in [3.8, 4) is 0 Å². The maximum absolute atomic E-state index is 12.6. The van der Waals surface area contributed by atoms with Gasteiger partial charge in [-0.3, -0.25) is 14.5 Å². The first kappa shape index (κ1) is 18.9. The number of nitrogens with one attached hydrogen (secondary N) is 1. The highest BCUT2D eigenvalue weighted by molar-refractivity contribution is 6.21. The molecular weight excluding hydrogens is 346 g/mol. The van der Waals surface area contributed by atoms with E-state index in [4.69, 9.17) is 4.74 Å².